The van der Waals surface area contributed by atoms with Crippen LogP contribution in [-0.2, 0) is 9.53 Å². The summed E-state index contributed by atoms with van der Waals surface area (Å²) in [5, 5.41) is 20.5. The minimum Gasteiger partial charge on any atom is -0.480 e. The molecule has 0 aliphatic carbocycles. The molecule has 0 aromatic carbocycles. The predicted molar refractivity (Wildman–Crippen MR) is 115 cm³/mol. The van der Waals surface area contributed by atoms with E-state index in [1.165, 1.54) is 0 Å². The van der Waals surface area contributed by atoms with Gasteiger partial charge in [0.05, 0.1) is 19.3 Å². The molecule has 30 heavy (non-hydrogen) atoms. The van der Waals surface area contributed by atoms with Gasteiger partial charge in [0.2, 0.25) is 0 Å². The summed E-state index contributed by atoms with van der Waals surface area (Å²) in [7, 11) is 2.05. The van der Waals surface area contributed by atoms with Crippen molar-refractivity contribution in [2.45, 2.75) is 64.5 Å². The summed E-state index contributed by atoms with van der Waals surface area (Å²) in [6.45, 7) is 10.2. The Kier molecular flexibility index (Phi) is 10.5. The van der Waals surface area contributed by atoms with Gasteiger partial charge in [-0.3, -0.25) is 0 Å². The molecule has 2 rings (SSSR count). The SMILES string of the molecule is CCC(C)(C)CC[C@H](NC(=O)N1CCOCC1)C(=O)O.CN1CCC(N)(C#N)CC1. The first-order valence-corrected chi connectivity index (χ1v) is 10.8. The third kappa shape index (κ3) is 9.28. The van der Waals surface area contributed by atoms with E-state index in [2.05, 4.69) is 44.1 Å². The lowest BCUT2D eigenvalue weighted by Crippen LogP contribution is -2.51. The Bertz CT molecular complexity index is 591. The summed E-state index contributed by atoms with van der Waals surface area (Å²) in [6.07, 6.45) is 3.81. The van der Waals surface area contributed by atoms with Crippen LogP contribution >= 0.6 is 0 Å². The molecule has 2 fully saturated rings. The number of morpholine rings is 1. The number of nitriles is 1. The highest BCUT2D eigenvalue weighted by atomic mass is 16.5. The van der Waals surface area contributed by atoms with Crippen molar-refractivity contribution in [3.8, 4) is 6.07 Å². The average Bonchev–Trinajstić information content (AvgIpc) is 2.74. The lowest BCUT2D eigenvalue weighted by atomic mass is 9.84. The van der Waals surface area contributed by atoms with Crippen molar-refractivity contribution in [2.24, 2.45) is 11.1 Å². The van der Waals surface area contributed by atoms with Gasteiger partial charge in [-0.1, -0.05) is 27.2 Å². The summed E-state index contributed by atoms with van der Waals surface area (Å²) in [5.74, 6) is -0.974. The van der Waals surface area contributed by atoms with Crippen LogP contribution in [0.25, 0.3) is 0 Å². The molecule has 0 spiro atoms. The highest BCUT2D eigenvalue weighted by Crippen LogP contribution is 2.26. The maximum absolute atomic E-state index is 12.0. The maximum atomic E-state index is 12.0. The number of carboxylic acid groups (broad SMARTS) is 1. The van der Waals surface area contributed by atoms with Gasteiger partial charge in [-0.15, -0.1) is 0 Å². The van der Waals surface area contributed by atoms with Crippen molar-refractivity contribution in [3.63, 3.8) is 0 Å². The quantitative estimate of drug-likeness (QED) is 0.589. The average molecular weight is 426 g/mol. The summed E-state index contributed by atoms with van der Waals surface area (Å²) in [6, 6.07) is 1.02. The fraction of sp³-hybridized carbons (Fsp3) is 0.857. The van der Waals surface area contributed by atoms with Crippen LogP contribution in [0.15, 0.2) is 0 Å². The number of hydrogen-bond donors (Lipinski definition) is 3. The first-order chi connectivity index (χ1) is 14.0. The zero-order valence-corrected chi connectivity index (χ0v) is 18.9. The highest BCUT2D eigenvalue weighted by Gasteiger charge is 2.29. The number of carboxylic acids is 1. The Morgan fingerprint density at radius 2 is 1.83 bits per heavy atom. The second kappa shape index (κ2) is 12.1. The van der Waals surface area contributed by atoms with Crippen LogP contribution in [0.1, 0.15) is 52.9 Å². The predicted octanol–water partition coefficient (Wildman–Crippen LogP) is 1.63. The molecule has 9 heteroatoms. The summed E-state index contributed by atoms with van der Waals surface area (Å²) in [5.41, 5.74) is 5.29. The van der Waals surface area contributed by atoms with E-state index in [0.29, 0.717) is 32.7 Å². The van der Waals surface area contributed by atoms with Crippen molar-refractivity contribution >= 4 is 12.0 Å². The molecule has 172 valence electrons. The van der Waals surface area contributed by atoms with Crippen molar-refractivity contribution in [1.82, 2.24) is 15.1 Å². The van der Waals surface area contributed by atoms with Crippen molar-refractivity contribution < 1.29 is 19.4 Å². The topological polar surface area (TPSA) is 132 Å². The van der Waals surface area contributed by atoms with Gasteiger partial charge >= 0.3 is 12.0 Å². The number of hydrogen-bond acceptors (Lipinski definition) is 6. The summed E-state index contributed by atoms with van der Waals surface area (Å²) < 4.78 is 5.17. The van der Waals surface area contributed by atoms with Crippen LogP contribution in [0, 0.1) is 16.7 Å². The molecule has 1 atom stereocenters. The normalized spacial score (nSPS) is 20.3. The lowest BCUT2D eigenvalue weighted by molar-refractivity contribution is -0.139. The second-order valence-corrected chi connectivity index (χ2v) is 9.07. The number of nitrogens with two attached hydrogens (primary N) is 1. The summed E-state index contributed by atoms with van der Waals surface area (Å²) in [4.78, 5) is 27.1. The highest BCUT2D eigenvalue weighted by molar-refractivity contribution is 5.82. The molecule has 2 saturated heterocycles. The smallest absolute Gasteiger partial charge is 0.326 e. The molecule has 0 unspecified atom stereocenters. The number of carbonyl (C=O) groups excluding carboxylic acids is 1. The van der Waals surface area contributed by atoms with Crippen LogP contribution in [0.3, 0.4) is 0 Å². The molecule has 0 saturated carbocycles. The van der Waals surface area contributed by atoms with Crippen molar-refractivity contribution in [2.75, 3.05) is 46.4 Å². The largest absolute Gasteiger partial charge is 0.480 e. The van der Waals surface area contributed by atoms with Gasteiger partial charge in [0.25, 0.3) is 0 Å². The Hall–Kier alpha value is -1.89. The van der Waals surface area contributed by atoms with E-state index in [0.717, 1.165) is 38.8 Å². The van der Waals surface area contributed by atoms with Crippen LogP contribution < -0.4 is 11.1 Å². The van der Waals surface area contributed by atoms with Gasteiger partial charge < -0.3 is 30.7 Å². The molecular formula is C21H39N5O4. The van der Waals surface area contributed by atoms with Crippen molar-refractivity contribution in [1.29, 1.82) is 5.26 Å². The van der Waals surface area contributed by atoms with Crippen molar-refractivity contribution in [3.05, 3.63) is 0 Å². The van der Waals surface area contributed by atoms with E-state index in [1.54, 1.807) is 4.90 Å². The molecule has 2 aliphatic rings. The van der Waals surface area contributed by atoms with E-state index in [1.807, 2.05) is 0 Å². The Morgan fingerprint density at radius 3 is 2.30 bits per heavy atom. The van der Waals surface area contributed by atoms with Crippen LogP contribution in [-0.4, -0.2) is 84.9 Å². The fourth-order valence-corrected chi connectivity index (χ4v) is 3.11. The number of ether oxygens (including phenoxy) is 1. The number of rotatable bonds is 6. The third-order valence-electron chi connectivity index (χ3n) is 6.06. The zero-order chi connectivity index (χ0) is 22.8. The van der Waals surface area contributed by atoms with E-state index in [-0.39, 0.29) is 11.4 Å². The maximum Gasteiger partial charge on any atom is 0.326 e. The number of amides is 2. The number of carbonyl (C=O) groups is 2. The zero-order valence-electron chi connectivity index (χ0n) is 18.9. The molecular weight excluding hydrogens is 386 g/mol. The number of likely N-dealkylation sites (tertiary alicyclic amines) is 1. The van der Waals surface area contributed by atoms with Gasteiger partial charge in [-0.05, 0) is 38.1 Å². The molecule has 4 N–H and O–H groups in total. The first-order valence-electron chi connectivity index (χ1n) is 10.8. The minimum atomic E-state index is -0.974. The fourth-order valence-electron chi connectivity index (χ4n) is 3.11. The van der Waals surface area contributed by atoms with Crippen LogP contribution in [0.4, 0.5) is 4.79 Å². The molecule has 2 heterocycles. The van der Waals surface area contributed by atoms with Gasteiger partial charge in [0.15, 0.2) is 0 Å². The Labute approximate surface area is 180 Å². The minimum absolute atomic E-state index is 0.0946. The van der Waals surface area contributed by atoms with E-state index < -0.39 is 17.6 Å². The molecule has 0 bridgehead atoms. The standard InChI is InChI=1S/C14H26N2O4.C7H13N3/c1-4-14(2,3)6-5-11(12(17)18)15-13(19)16-7-9-20-10-8-16;1-10-4-2-7(9,6-8)3-5-10/h11H,4-10H2,1-3H3,(H,15,19)(H,17,18);2-5,9H2,1H3/t11-;/m0./s1. The van der Waals surface area contributed by atoms with E-state index in [9.17, 15) is 14.7 Å². The first kappa shape index (κ1) is 26.1. The molecule has 9 nitrogen and oxygen atoms in total. The monoisotopic (exact) mass is 425 g/mol. The van der Waals surface area contributed by atoms with Crippen LogP contribution in [0.5, 0.6) is 0 Å². The Balaban J connectivity index is 0.000000375. The van der Waals surface area contributed by atoms with E-state index >= 15 is 0 Å². The number of nitrogens with one attached hydrogen (secondary N) is 1. The molecule has 0 aromatic heterocycles. The number of piperidine rings is 1. The molecule has 2 amide bonds. The van der Waals surface area contributed by atoms with Gasteiger partial charge in [0.1, 0.15) is 11.6 Å². The third-order valence-corrected chi connectivity index (χ3v) is 6.06. The van der Waals surface area contributed by atoms with Gasteiger partial charge in [0, 0.05) is 26.2 Å². The molecule has 0 aromatic rings. The lowest BCUT2D eigenvalue weighted by Gasteiger charge is -2.32. The Morgan fingerprint density at radius 1 is 1.27 bits per heavy atom. The van der Waals surface area contributed by atoms with Gasteiger partial charge in [-0.2, -0.15) is 5.26 Å². The number of urea groups is 1. The van der Waals surface area contributed by atoms with Gasteiger partial charge in [-0.25, -0.2) is 9.59 Å². The number of nitrogens with zero attached hydrogens (tertiary/aromatic N) is 3. The second-order valence-electron chi connectivity index (χ2n) is 9.07. The van der Waals surface area contributed by atoms with Crippen LogP contribution in [0.2, 0.25) is 0 Å². The molecule has 2 aliphatic heterocycles. The summed E-state index contributed by atoms with van der Waals surface area (Å²) >= 11 is 0. The molecule has 0 radical (unpaired) electrons. The number of aliphatic carboxylic acids is 1. The van der Waals surface area contributed by atoms with E-state index in [4.69, 9.17) is 15.7 Å².